The van der Waals surface area contributed by atoms with Gasteiger partial charge in [0.25, 0.3) is 0 Å². The lowest BCUT2D eigenvalue weighted by Gasteiger charge is -2.01. The molecule has 3 N–H and O–H groups in total. The topological polar surface area (TPSA) is 99.2 Å². The Labute approximate surface area is 86.2 Å². The summed E-state index contributed by atoms with van der Waals surface area (Å²) in [5.74, 6) is -0.499. The first kappa shape index (κ1) is 11.0. The molecule has 7 nitrogen and oxygen atoms in total. The van der Waals surface area contributed by atoms with Crippen LogP contribution in [-0.2, 0) is 16.1 Å². The highest BCUT2D eigenvalue weighted by Crippen LogP contribution is 2.04. The Hall–Kier alpha value is -2.05. The molecule has 0 spiro atoms. The van der Waals surface area contributed by atoms with E-state index in [1.54, 1.807) is 6.92 Å². The van der Waals surface area contributed by atoms with Gasteiger partial charge in [-0.05, 0) is 6.92 Å². The zero-order chi connectivity index (χ0) is 11.3. The van der Waals surface area contributed by atoms with E-state index in [1.165, 1.54) is 17.1 Å². The summed E-state index contributed by atoms with van der Waals surface area (Å²) in [4.78, 5) is 21.5. The maximum absolute atomic E-state index is 11.0. The summed E-state index contributed by atoms with van der Waals surface area (Å²) in [6, 6.07) is 0. The average molecular weight is 212 g/mol. The summed E-state index contributed by atoms with van der Waals surface area (Å²) >= 11 is 0. The van der Waals surface area contributed by atoms with Gasteiger partial charge < -0.3 is 10.5 Å². The van der Waals surface area contributed by atoms with Crippen LogP contribution in [0.15, 0.2) is 12.4 Å². The molecule has 1 aromatic heterocycles. The second kappa shape index (κ2) is 4.99. The van der Waals surface area contributed by atoms with Crippen LogP contribution >= 0.6 is 0 Å². The van der Waals surface area contributed by atoms with Crippen LogP contribution in [0.4, 0.5) is 10.5 Å². The number of carbonyl (C=O) groups excluding carboxylic acids is 2. The average Bonchev–Trinajstić information content (AvgIpc) is 2.51. The molecule has 15 heavy (non-hydrogen) atoms. The van der Waals surface area contributed by atoms with Crippen LogP contribution in [0, 0.1) is 0 Å². The molecule has 7 heteroatoms. The van der Waals surface area contributed by atoms with Crippen molar-refractivity contribution in [3.05, 3.63) is 12.4 Å². The molecule has 0 aliphatic rings. The van der Waals surface area contributed by atoms with Crippen molar-refractivity contribution in [3.63, 3.8) is 0 Å². The summed E-state index contributed by atoms with van der Waals surface area (Å²) in [7, 11) is 0. The SMILES string of the molecule is CCOC(=O)Nc1cnn(CC(N)=O)c1. The maximum atomic E-state index is 11.0. The van der Waals surface area contributed by atoms with Crippen LogP contribution in [0.2, 0.25) is 0 Å². The van der Waals surface area contributed by atoms with Crippen LogP contribution in [0.5, 0.6) is 0 Å². The minimum Gasteiger partial charge on any atom is -0.450 e. The zero-order valence-electron chi connectivity index (χ0n) is 8.27. The van der Waals surface area contributed by atoms with Gasteiger partial charge in [0, 0.05) is 6.20 Å². The maximum Gasteiger partial charge on any atom is 0.411 e. The summed E-state index contributed by atoms with van der Waals surface area (Å²) in [5, 5.41) is 6.25. The number of nitrogens with one attached hydrogen (secondary N) is 1. The van der Waals surface area contributed by atoms with E-state index < -0.39 is 12.0 Å². The Morgan fingerprint density at radius 1 is 1.67 bits per heavy atom. The number of ether oxygens (including phenoxy) is 1. The van der Waals surface area contributed by atoms with Crippen LogP contribution in [-0.4, -0.2) is 28.4 Å². The number of nitrogens with zero attached hydrogens (tertiary/aromatic N) is 2. The smallest absolute Gasteiger partial charge is 0.411 e. The van der Waals surface area contributed by atoms with Gasteiger partial charge in [-0.2, -0.15) is 5.10 Å². The normalized spacial score (nSPS) is 9.67. The van der Waals surface area contributed by atoms with Crippen molar-refractivity contribution in [1.29, 1.82) is 0 Å². The molecule has 0 aromatic carbocycles. The highest BCUT2D eigenvalue weighted by atomic mass is 16.5. The molecule has 0 bridgehead atoms. The first-order valence-corrected chi connectivity index (χ1v) is 4.36. The zero-order valence-corrected chi connectivity index (χ0v) is 8.27. The molecule has 0 saturated carbocycles. The van der Waals surface area contributed by atoms with Gasteiger partial charge in [0.15, 0.2) is 0 Å². The minimum atomic E-state index is -0.559. The van der Waals surface area contributed by atoms with E-state index in [1.807, 2.05) is 0 Å². The molecule has 0 atom stereocenters. The van der Waals surface area contributed by atoms with E-state index in [-0.39, 0.29) is 6.54 Å². The first-order chi connectivity index (χ1) is 7.11. The van der Waals surface area contributed by atoms with Crippen molar-refractivity contribution in [3.8, 4) is 0 Å². The second-order valence-corrected chi connectivity index (χ2v) is 2.74. The van der Waals surface area contributed by atoms with Gasteiger partial charge in [0.2, 0.25) is 5.91 Å². The van der Waals surface area contributed by atoms with Crippen LogP contribution in [0.3, 0.4) is 0 Å². The Kier molecular flexibility index (Phi) is 3.67. The van der Waals surface area contributed by atoms with E-state index in [0.29, 0.717) is 12.3 Å². The predicted octanol–water partition coefficient (Wildman–Crippen LogP) is -0.0632. The molecule has 0 aliphatic heterocycles. The number of anilines is 1. The Morgan fingerprint density at radius 3 is 3.00 bits per heavy atom. The van der Waals surface area contributed by atoms with Crippen LogP contribution in [0.1, 0.15) is 6.92 Å². The van der Waals surface area contributed by atoms with Crippen molar-refractivity contribution in [1.82, 2.24) is 9.78 Å². The van der Waals surface area contributed by atoms with Crippen LogP contribution in [0.25, 0.3) is 0 Å². The fourth-order valence-electron chi connectivity index (χ4n) is 0.959. The minimum absolute atomic E-state index is 0.0233. The number of primary amides is 1. The Morgan fingerprint density at radius 2 is 2.40 bits per heavy atom. The summed E-state index contributed by atoms with van der Waals surface area (Å²) < 4.78 is 5.98. The monoisotopic (exact) mass is 212 g/mol. The number of rotatable bonds is 4. The van der Waals surface area contributed by atoms with Crippen molar-refractivity contribution >= 4 is 17.7 Å². The van der Waals surface area contributed by atoms with Gasteiger partial charge >= 0.3 is 6.09 Å². The van der Waals surface area contributed by atoms with Crippen LogP contribution < -0.4 is 11.1 Å². The van der Waals surface area contributed by atoms with Gasteiger partial charge in [0.1, 0.15) is 6.54 Å². The molecule has 1 rings (SSSR count). The second-order valence-electron chi connectivity index (χ2n) is 2.74. The predicted molar refractivity (Wildman–Crippen MR) is 52.1 cm³/mol. The number of hydrogen-bond acceptors (Lipinski definition) is 4. The van der Waals surface area contributed by atoms with Crippen molar-refractivity contribution in [2.45, 2.75) is 13.5 Å². The van der Waals surface area contributed by atoms with Gasteiger partial charge in [-0.1, -0.05) is 0 Å². The molecule has 1 heterocycles. The van der Waals surface area contributed by atoms with Gasteiger partial charge in [0.05, 0.1) is 18.5 Å². The highest BCUT2D eigenvalue weighted by Gasteiger charge is 2.05. The van der Waals surface area contributed by atoms with Gasteiger partial charge in [-0.3, -0.25) is 14.8 Å². The number of nitrogens with two attached hydrogens (primary N) is 1. The number of amides is 2. The third kappa shape index (κ3) is 3.67. The molecule has 82 valence electrons. The molecular formula is C8H12N4O3. The number of aromatic nitrogens is 2. The van der Waals surface area contributed by atoms with Gasteiger partial charge in [-0.15, -0.1) is 0 Å². The number of hydrogen-bond donors (Lipinski definition) is 2. The third-order valence-corrected chi connectivity index (χ3v) is 1.47. The molecule has 2 amide bonds. The summed E-state index contributed by atoms with van der Waals surface area (Å²) in [5.41, 5.74) is 5.42. The summed E-state index contributed by atoms with van der Waals surface area (Å²) in [6.07, 6.45) is 2.33. The molecule has 0 saturated heterocycles. The summed E-state index contributed by atoms with van der Waals surface area (Å²) in [6.45, 7) is 1.97. The third-order valence-electron chi connectivity index (χ3n) is 1.47. The molecule has 1 aromatic rings. The van der Waals surface area contributed by atoms with E-state index in [9.17, 15) is 9.59 Å². The van der Waals surface area contributed by atoms with Crippen molar-refractivity contribution < 1.29 is 14.3 Å². The Balaban J connectivity index is 2.52. The first-order valence-electron chi connectivity index (χ1n) is 4.36. The lowest BCUT2D eigenvalue weighted by molar-refractivity contribution is -0.118. The number of carbonyl (C=O) groups is 2. The Bertz CT molecular complexity index is 361. The largest absolute Gasteiger partial charge is 0.450 e. The fraction of sp³-hybridized carbons (Fsp3) is 0.375. The van der Waals surface area contributed by atoms with E-state index >= 15 is 0 Å². The van der Waals surface area contributed by atoms with E-state index in [4.69, 9.17) is 5.73 Å². The van der Waals surface area contributed by atoms with E-state index in [2.05, 4.69) is 15.2 Å². The molecule has 0 aliphatic carbocycles. The van der Waals surface area contributed by atoms with Crippen molar-refractivity contribution in [2.75, 3.05) is 11.9 Å². The lowest BCUT2D eigenvalue weighted by Crippen LogP contribution is -2.18. The fourth-order valence-corrected chi connectivity index (χ4v) is 0.959. The lowest BCUT2D eigenvalue weighted by atomic mass is 10.5. The van der Waals surface area contributed by atoms with Crippen molar-refractivity contribution in [2.24, 2.45) is 5.73 Å². The molecule has 0 radical (unpaired) electrons. The van der Waals surface area contributed by atoms with E-state index in [0.717, 1.165) is 0 Å². The van der Waals surface area contributed by atoms with Gasteiger partial charge in [-0.25, -0.2) is 4.79 Å². The quantitative estimate of drug-likeness (QED) is 0.730. The molecule has 0 fully saturated rings. The standard InChI is InChI=1S/C8H12N4O3/c1-2-15-8(14)11-6-3-10-12(4-6)5-7(9)13/h3-4H,2,5H2,1H3,(H2,9,13)(H,11,14). The highest BCUT2D eigenvalue weighted by molar-refractivity contribution is 5.84. The molecular weight excluding hydrogens is 200 g/mol. The molecule has 0 unspecified atom stereocenters.